The smallest absolute Gasteiger partial charge is 0.130 e. The summed E-state index contributed by atoms with van der Waals surface area (Å²) in [6, 6.07) is 8.81. The fraction of sp³-hybridized carbons (Fsp3) is 0.400. The fourth-order valence-electron chi connectivity index (χ4n) is 2.38. The van der Waals surface area contributed by atoms with E-state index in [0.29, 0.717) is 0 Å². The van der Waals surface area contributed by atoms with Crippen molar-refractivity contribution >= 4 is 11.6 Å². The summed E-state index contributed by atoms with van der Waals surface area (Å²) in [5.41, 5.74) is 4.67. The number of hydrogen-bond acceptors (Lipinski definition) is 2. The van der Waals surface area contributed by atoms with Gasteiger partial charge in [-0.05, 0) is 32.9 Å². The van der Waals surface area contributed by atoms with Crippen LogP contribution in [0.25, 0.3) is 0 Å². The lowest BCUT2D eigenvalue weighted by Gasteiger charge is -2.17. The van der Waals surface area contributed by atoms with Crippen molar-refractivity contribution in [2.45, 2.75) is 26.3 Å². The van der Waals surface area contributed by atoms with Gasteiger partial charge in [0.05, 0.1) is 5.69 Å². The maximum atomic E-state index is 6.31. The molecule has 0 saturated carbocycles. The van der Waals surface area contributed by atoms with E-state index in [9.17, 15) is 0 Å². The van der Waals surface area contributed by atoms with E-state index in [2.05, 4.69) is 41.6 Å². The van der Waals surface area contributed by atoms with Crippen molar-refractivity contribution in [2.24, 2.45) is 7.05 Å². The summed E-state index contributed by atoms with van der Waals surface area (Å²) in [5.74, 6) is 0. The molecule has 4 heteroatoms. The summed E-state index contributed by atoms with van der Waals surface area (Å²) in [7, 11) is 3.85. The summed E-state index contributed by atoms with van der Waals surface area (Å²) in [6.07, 6.45) is 0.846. The highest BCUT2D eigenvalue weighted by molar-refractivity contribution is 6.30. The van der Waals surface area contributed by atoms with Crippen molar-refractivity contribution in [2.75, 3.05) is 7.05 Å². The second-order valence-electron chi connectivity index (χ2n) is 4.94. The first kappa shape index (κ1) is 14.1. The molecule has 1 aromatic heterocycles. The predicted octanol–water partition coefficient (Wildman–Crippen LogP) is 3.19. The molecule has 1 aromatic carbocycles. The Morgan fingerprint density at radius 1 is 1.37 bits per heavy atom. The topological polar surface area (TPSA) is 29.9 Å². The molecule has 3 nitrogen and oxygen atoms in total. The molecule has 19 heavy (non-hydrogen) atoms. The van der Waals surface area contributed by atoms with E-state index in [4.69, 9.17) is 11.6 Å². The Bertz CT molecular complexity index is 575. The Hall–Kier alpha value is -1.32. The lowest BCUT2D eigenvalue weighted by atomic mass is 9.98. The third-order valence-corrected chi connectivity index (χ3v) is 3.94. The third-order valence-electron chi connectivity index (χ3n) is 3.47. The molecule has 0 aliphatic carbocycles. The molecule has 2 rings (SSSR count). The first-order valence-corrected chi connectivity index (χ1v) is 6.82. The molecule has 1 heterocycles. The SMILES string of the molecule is CNC(Cc1c(C)nn(C)c1Cl)c1cccc(C)c1. The monoisotopic (exact) mass is 277 g/mol. The first-order valence-electron chi connectivity index (χ1n) is 6.44. The van der Waals surface area contributed by atoms with Crippen LogP contribution in [0, 0.1) is 13.8 Å². The highest BCUT2D eigenvalue weighted by atomic mass is 35.5. The van der Waals surface area contributed by atoms with Crippen LogP contribution in [0.2, 0.25) is 5.15 Å². The van der Waals surface area contributed by atoms with Crippen molar-refractivity contribution < 1.29 is 0 Å². The fourth-order valence-corrected chi connectivity index (χ4v) is 2.64. The Kier molecular flexibility index (Phi) is 4.27. The average Bonchev–Trinajstić information content (AvgIpc) is 2.61. The van der Waals surface area contributed by atoms with Gasteiger partial charge in [0.2, 0.25) is 0 Å². The van der Waals surface area contributed by atoms with Crippen LogP contribution < -0.4 is 5.32 Å². The zero-order chi connectivity index (χ0) is 14.0. The molecule has 1 atom stereocenters. The standard InChI is InChI=1S/C15H20ClN3/c1-10-6-5-7-12(8-10)14(17-3)9-13-11(2)18-19(4)15(13)16/h5-8,14,17H,9H2,1-4H3. The molecule has 0 spiro atoms. The lowest BCUT2D eigenvalue weighted by molar-refractivity contribution is 0.590. The molecule has 0 radical (unpaired) electrons. The number of nitrogens with one attached hydrogen (secondary N) is 1. The maximum absolute atomic E-state index is 6.31. The number of nitrogens with zero attached hydrogens (tertiary/aromatic N) is 2. The second kappa shape index (κ2) is 5.76. The predicted molar refractivity (Wildman–Crippen MR) is 79.6 cm³/mol. The molecule has 0 amide bonds. The van der Waals surface area contributed by atoms with Gasteiger partial charge in [-0.25, -0.2) is 0 Å². The quantitative estimate of drug-likeness (QED) is 0.930. The number of aryl methyl sites for hydroxylation is 3. The minimum Gasteiger partial charge on any atom is -0.313 e. The van der Waals surface area contributed by atoms with Gasteiger partial charge in [-0.2, -0.15) is 5.10 Å². The summed E-state index contributed by atoms with van der Waals surface area (Å²) >= 11 is 6.31. The van der Waals surface area contributed by atoms with Gasteiger partial charge in [0.1, 0.15) is 5.15 Å². The van der Waals surface area contributed by atoms with Gasteiger partial charge in [-0.15, -0.1) is 0 Å². The third kappa shape index (κ3) is 2.99. The van der Waals surface area contributed by atoms with E-state index in [1.807, 2.05) is 21.0 Å². The lowest BCUT2D eigenvalue weighted by Crippen LogP contribution is -2.19. The van der Waals surface area contributed by atoms with Gasteiger partial charge < -0.3 is 5.32 Å². The van der Waals surface area contributed by atoms with Crippen molar-refractivity contribution in [1.29, 1.82) is 0 Å². The molecule has 2 aromatic rings. The molecule has 1 N–H and O–H groups in total. The van der Waals surface area contributed by atoms with E-state index >= 15 is 0 Å². The van der Waals surface area contributed by atoms with Crippen LogP contribution in [0.3, 0.4) is 0 Å². The number of hydrogen-bond donors (Lipinski definition) is 1. The zero-order valence-electron chi connectivity index (χ0n) is 11.9. The van der Waals surface area contributed by atoms with Gasteiger partial charge in [0, 0.05) is 18.7 Å². The van der Waals surface area contributed by atoms with Gasteiger partial charge in [0.15, 0.2) is 0 Å². The Morgan fingerprint density at radius 2 is 2.11 bits per heavy atom. The largest absolute Gasteiger partial charge is 0.313 e. The van der Waals surface area contributed by atoms with Crippen molar-refractivity contribution in [3.8, 4) is 0 Å². The Labute approximate surface area is 119 Å². The zero-order valence-corrected chi connectivity index (χ0v) is 12.6. The van der Waals surface area contributed by atoms with Gasteiger partial charge in [-0.3, -0.25) is 4.68 Å². The molecule has 1 unspecified atom stereocenters. The van der Waals surface area contributed by atoms with Crippen LogP contribution in [0.15, 0.2) is 24.3 Å². The van der Waals surface area contributed by atoms with E-state index in [-0.39, 0.29) is 6.04 Å². The molecular weight excluding hydrogens is 258 g/mol. The number of aromatic nitrogens is 2. The normalized spacial score (nSPS) is 12.7. The number of rotatable bonds is 4. The van der Waals surface area contributed by atoms with Gasteiger partial charge >= 0.3 is 0 Å². The molecule has 0 aliphatic heterocycles. The minimum absolute atomic E-state index is 0.250. The average molecular weight is 278 g/mol. The highest BCUT2D eigenvalue weighted by Crippen LogP contribution is 2.25. The second-order valence-corrected chi connectivity index (χ2v) is 5.30. The molecule has 0 aliphatic rings. The van der Waals surface area contributed by atoms with Crippen LogP contribution in [0.5, 0.6) is 0 Å². The molecule has 102 valence electrons. The minimum atomic E-state index is 0.250. The summed E-state index contributed by atoms with van der Waals surface area (Å²) in [4.78, 5) is 0. The summed E-state index contributed by atoms with van der Waals surface area (Å²) in [5, 5.41) is 8.46. The Balaban J connectivity index is 2.29. The van der Waals surface area contributed by atoms with E-state index in [1.165, 1.54) is 11.1 Å². The van der Waals surface area contributed by atoms with Crippen molar-refractivity contribution in [1.82, 2.24) is 15.1 Å². The van der Waals surface area contributed by atoms with Gasteiger partial charge in [-0.1, -0.05) is 41.4 Å². The number of halogens is 1. The van der Waals surface area contributed by atoms with E-state index in [0.717, 1.165) is 22.8 Å². The number of likely N-dealkylation sites (N-methyl/N-ethyl adjacent to an activating group) is 1. The van der Waals surface area contributed by atoms with Gasteiger partial charge in [0.25, 0.3) is 0 Å². The summed E-state index contributed by atoms with van der Waals surface area (Å²) in [6.45, 7) is 4.11. The summed E-state index contributed by atoms with van der Waals surface area (Å²) < 4.78 is 1.73. The molecule has 0 fully saturated rings. The molecular formula is C15H20ClN3. The van der Waals surface area contributed by atoms with Crippen LogP contribution >= 0.6 is 11.6 Å². The van der Waals surface area contributed by atoms with Crippen LogP contribution in [-0.2, 0) is 13.5 Å². The van der Waals surface area contributed by atoms with E-state index in [1.54, 1.807) is 4.68 Å². The maximum Gasteiger partial charge on any atom is 0.130 e. The van der Waals surface area contributed by atoms with Crippen molar-refractivity contribution in [3.05, 3.63) is 51.8 Å². The Morgan fingerprint density at radius 3 is 2.63 bits per heavy atom. The number of benzene rings is 1. The van der Waals surface area contributed by atoms with Crippen LogP contribution in [0.4, 0.5) is 0 Å². The van der Waals surface area contributed by atoms with Crippen molar-refractivity contribution in [3.63, 3.8) is 0 Å². The van der Waals surface area contributed by atoms with E-state index < -0.39 is 0 Å². The highest BCUT2D eigenvalue weighted by Gasteiger charge is 2.17. The molecule has 0 bridgehead atoms. The van der Waals surface area contributed by atoms with Crippen LogP contribution in [-0.4, -0.2) is 16.8 Å². The first-order chi connectivity index (χ1) is 9.02. The molecule has 0 saturated heterocycles. The van der Waals surface area contributed by atoms with Crippen LogP contribution in [0.1, 0.15) is 28.4 Å².